The first-order valence-electron chi connectivity index (χ1n) is 5.76. The molecule has 19 heavy (non-hydrogen) atoms. The number of nitrogens with one attached hydrogen (secondary N) is 1. The van der Waals surface area contributed by atoms with Crippen LogP contribution >= 0.6 is 0 Å². The lowest BCUT2D eigenvalue weighted by Gasteiger charge is -2.16. The summed E-state index contributed by atoms with van der Waals surface area (Å²) in [6, 6.07) is 7.28. The van der Waals surface area contributed by atoms with Gasteiger partial charge in [0.05, 0.1) is 12.3 Å². The zero-order valence-corrected chi connectivity index (χ0v) is 10.0. The topological polar surface area (TPSA) is 86.6 Å². The quantitative estimate of drug-likeness (QED) is 0.767. The molecule has 5 nitrogen and oxygen atoms in total. The van der Waals surface area contributed by atoms with Crippen molar-refractivity contribution in [1.29, 1.82) is 0 Å². The van der Waals surface area contributed by atoms with Gasteiger partial charge in [0, 0.05) is 12.4 Å². The minimum Gasteiger partial charge on any atom is -0.481 e. The molecule has 1 aliphatic rings. The van der Waals surface area contributed by atoms with Crippen LogP contribution in [0.25, 0.3) is 11.6 Å². The third-order valence-corrected chi connectivity index (χ3v) is 2.92. The van der Waals surface area contributed by atoms with Crippen LogP contribution in [0.15, 0.2) is 36.7 Å². The normalized spacial score (nSPS) is 14.6. The van der Waals surface area contributed by atoms with Crippen molar-refractivity contribution in [2.75, 3.05) is 0 Å². The molecule has 2 rings (SSSR count). The highest BCUT2D eigenvalue weighted by Gasteiger charge is 2.27. The standard InChI is InChI=1S/C14H13NO4/c16-13(17)7-11(14(18)19)12-8-15-6-5-9-3-1-2-4-10(9)12/h1-6,8,11,15H,7H2,(H,16,17)(H,18,19). The fourth-order valence-corrected chi connectivity index (χ4v) is 2.05. The number of carboxylic acid groups (broad SMARTS) is 2. The third-order valence-electron chi connectivity index (χ3n) is 2.92. The van der Waals surface area contributed by atoms with Gasteiger partial charge < -0.3 is 15.5 Å². The predicted molar refractivity (Wildman–Crippen MR) is 70.0 cm³/mol. The fourth-order valence-electron chi connectivity index (χ4n) is 2.05. The Bertz CT molecular complexity index is 575. The molecule has 98 valence electrons. The Morgan fingerprint density at radius 1 is 1.21 bits per heavy atom. The number of aliphatic carboxylic acids is 2. The van der Waals surface area contributed by atoms with Crippen LogP contribution in [0.1, 0.15) is 17.5 Å². The molecule has 1 aliphatic heterocycles. The minimum atomic E-state index is -1.15. The van der Waals surface area contributed by atoms with Crippen LogP contribution in [0.5, 0.6) is 0 Å². The number of carbonyl (C=O) groups is 2. The second-order valence-electron chi connectivity index (χ2n) is 4.18. The van der Waals surface area contributed by atoms with Gasteiger partial charge in [0.15, 0.2) is 0 Å². The fraction of sp³-hybridized carbons (Fsp3) is 0.143. The zero-order chi connectivity index (χ0) is 13.8. The maximum Gasteiger partial charge on any atom is 0.311 e. The Balaban J connectivity index is 2.46. The molecule has 0 aliphatic carbocycles. The second-order valence-corrected chi connectivity index (χ2v) is 4.18. The number of carboxylic acids is 2. The van der Waals surface area contributed by atoms with Crippen LogP contribution in [-0.4, -0.2) is 22.2 Å². The Labute approximate surface area is 109 Å². The first-order chi connectivity index (χ1) is 9.09. The maximum absolute atomic E-state index is 11.3. The van der Waals surface area contributed by atoms with E-state index in [1.165, 1.54) is 0 Å². The van der Waals surface area contributed by atoms with Gasteiger partial charge in [-0.1, -0.05) is 24.3 Å². The molecular weight excluding hydrogens is 246 g/mol. The van der Waals surface area contributed by atoms with Crippen molar-refractivity contribution in [3.05, 3.63) is 47.8 Å². The molecule has 1 heterocycles. The number of hydrogen-bond acceptors (Lipinski definition) is 3. The van der Waals surface area contributed by atoms with E-state index < -0.39 is 24.3 Å². The van der Waals surface area contributed by atoms with Crippen molar-refractivity contribution in [2.24, 2.45) is 5.92 Å². The number of fused-ring (bicyclic) bond motifs is 1. The van der Waals surface area contributed by atoms with Gasteiger partial charge in [-0.2, -0.15) is 0 Å². The Morgan fingerprint density at radius 2 is 1.95 bits per heavy atom. The molecule has 1 atom stereocenters. The third kappa shape index (κ3) is 2.82. The van der Waals surface area contributed by atoms with Crippen molar-refractivity contribution in [3.63, 3.8) is 0 Å². The molecule has 1 aromatic rings. The Hall–Kier alpha value is -2.56. The van der Waals surface area contributed by atoms with Crippen molar-refractivity contribution in [1.82, 2.24) is 5.32 Å². The van der Waals surface area contributed by atoms with Crippen LogP contribution in [0, 0.1) is 5.92 Å². The zero-order valence-electron chi connectivity index (χ0n) is 10.0. The lowest BCUT2D eigenvalue weighted by atomic mass is 9.88. The van der Waals surface area contributed by atoms with Gasteiger partial charge in [0.2, 0.25) is 0 Å². The van der Waals surface area contributed by atoms with Crippen molar-refractivity contribution in [2.45, 2.75) is 6.42 Å². The van der Waals surface area contributed by atoms with Gasteiger partial charge in [-0.05, 0) is 22.8 Å². The lowest BCUT2D eigenvalue weighted by Crippen LogP contribution is -2.20. The molecule has 0 bridgehead atoms. The number of benzene rings is 1. The van der Waals surface area contributed by atoms with E-state index in [0.717, 1.165) is 11.1 Å². The van der Waals surface area contributed by atoms with Crippen LogP contribution in [0.2, 0.25) is 0 Å². The summed E-state index contributed by atoms with van der Waals surface area (Å²) in [6.07, 6.45) is 4.60. The van der Waals surface area contributed by atoms with Gasteiger partial charge in [0.25, 0.3) is 0 Å². The molecule has 0 spiro atoms. The second kappa shape index (κ2) is 5.39. The Morgan fingerprint density at radius 3 is 2.63 bits per heavy atom. The highest BCUT2D eigenvalue weighted by atomic mass is 16.4. The first-order valence-corrected chi connectivity index (χ1v) is 5.76. The molecule has 5 heteroatoms. The first kappa shape index (κ1) is 12.9. The van der Waals surface area contributed by atoms with E-state index >= 15 is 0 Å². The van der Waals surface area contributed by atoms with Crippen molar-refractivity contribution >= 4 is 23.6 Å². The largest absolute Gasteiger partial charge is 0.481 e. The van der Waals surface area contributed by atoms with Crippen LogP contribution in [-0.2, 0) is 9.59 Å². The number of rotatable bonds is 4. The van der Waals surface area contributed by atoms with Gasteiger partial charge >= 0.3 is 11.9 Å². The summed E-state index contributed by atoms with van der Waals surface area (Å²) >= 11 is 0. The number of hydrogen-bond donors (Lipinski definition) is 3. The molecule has 0 fully saturated rings. The molecule has 1 aromatic carbocycles. The van der Waals surface area contributed by atoms with Gasteiger partial charge in [-0.3, -0.25) is 9.59 Å². The van der Waals surface area contributed by atoms with E-state index in [-0.39, 0.29) is 0 Å². The highest BCUT2D eigenvalue weighted by molar-refractivity contribution is 5.93. The molecule has 0 saturated carbocycles. The molecule has 1 unspecified atom stereocenters. The Kier molecular flexibility index (Phi) is 3.66. The molecule has 0 saturated heterocycles. The van der Waals surface area contributed by atoms with Crippen molar-refractivity contribution < 1.29 is 19.8 Å². The molecule has 0 radical (unpaired) electrons. The lowest BCUT2D eigenvalue weighted by molar-refractivity contribution is -0.146. The molecule has 3 N–H and O–H groups in total. The van der Waals surface area contributed by atoms with Crippen LogP contribution in [0.4, 0.5) is 0 Å². The summed E-state index contributed by atoms with van der Waals surface area (Å²) in [5, 5.41) is 20.9. The average molecular weight is 259 g/mol. The average Bonchev–Trinajstić information content (AvgIpc) is 2.57. The summed E-state index contributed by atoms with van der Waals surface area (Å²) in [7, 11) is 0. The monoisotopic (exact) mass is 259 g/mol. The maximum atomic E-state index is 11.3. The van der Waals surface area contributed by atoms with E-state index in [9.17, 15) is 14.7 Å². The SMILES string of the molecule is O=C(O)CC(C(=O)O)C1=CNC=Cc2ccccc21. The van der Waals surface area contributed by atoms with Gasteiger partial charge in [-0.15, -0.1) is 0 Å². The van der Waals surface area contributed by atoms with E-state index in [0.29, 0.717) is 5.57 Å². The smallest absolute Gasteiger partial charge is 0.311 e. The molecule has 0 aromatic heterocycles. The summed E-state index contributed by atoms with van der Waals surface area (Å²) in [5.74, 6) is -3.36. The van der Waals surface area contributed by atoms with Gasteiger partial charge in [0.1, 0.15) is 0 Å². The summed E-state index contributed by atoms with van der Waals surface area (Å²) < 4.78 is 0. The van der Waals surface area contributed by atoms with E-state index in [1.54, 1.807) is 24.5 Å². The van der Waals surface area contributed by atoms with E-state index in [2.05, 4.69) is 5.32 Å². The predicted octanol–water partition coefficient (Wildman–Crippen LogP) is 1.78. The highest BCUT2D eigenvalue weighted by Crippen LogP contribution is 2.30. The van der Waals surface area contributed by atoms with E-state index in [4.69, 9.17) is 5.11 Å². The summed E-state index contributed by atoms with van der Waals surface area (Å²) in [6.45, 7) is 0. The molecule has 0 amide bonds. The van der Waals surface area contributed by atoms with Gasteiger partial charge in [-0.25, -0.2) is 0 Å². The van der Waals surface area contributed by atoms with Crippen LogP contribution in [0.3, 0.4) is 0 Å². The van der Waals surface area contributed by atoms with Crippen molar-refractivity contribution in [3.8, 4) is 0 Å². The molecular formula is C14H13NO4. The minimum absolute atomic E-state index is 0.447. The summed E-state index contributed by atoms with van der Waals surface area (Å²) in [4.78, 5) is 22.1. The van der Waals surface area contributed by atoms with E-state index in [1.807, 2.05) is 18.2 Å². The van der Waals surface area contributed by atoms with Crippen LogP contribution < -0.4 is 5.32 Å². The summed E-state index contributed by atoms with van der Waals surface area (Å²) in [5.41, 5.74) is 2.06.